The third-order valence-corrected chi connectivity index (χ3v) is 2.57. The van der Waals surface area contributed by atoms with Gasteiger partial charge < -0.3 is 11.5 Å². The number of nitrogen functional groups attached to an aromatic ring is 2. The van der Waals surface area contributed by atoms with Gasteiger partial charge in [-0.2, -0.15) is 0 Å². The highest BCUT2D eigenvalue weighted by atomic mass is 35.5. The van der Waals surface area contributed by atoms with Crippen molar-refractivity contribution in [2.24, 2.45) is 0 Å². The van der Waals surface area contributed by atoms with E-state index in [4.69, 9.17) is 23.1 Å². The maximum absolute atomic E-state index is 6.09. The molecule has 0 atom stereocenters. The predicted molar refractivity (Wildman–Crippen MR) is 65.7 cm³/mol. The highest BCUT2D eigenvalue weighted by Gasteiger charge is 2.06. The molecule has 2 aromatic carbocycles. The van der Waals surface area contributed by atoms with Crippen LogP contribution < -0.4 is 11.5 Å². The summed E-state index contributed by atoms with van der Waals surface area (Å²) in [5, 5.41) is 0.676. The monoisotopic (exact) mass is 218 g/mol. The van der Waals surface area contributed by atoms with E-state index in [9.17, 15) is 0 Å². The Bertz CT molecular complexity index is 495. The SMILES string of the molecule is Nc1ccc(N)c(-c2ccccc2Cl)c1. The van der Waals surface area contributed by atoms with Gasteiger partial charge in [0.25, 0.3) is 0 Å². The topological polar surface area (TPSA) is 52.0 Å². The molecule has 0 saturated heterocycles. The highest BCUT2D eigenvalue weighted by molar-refractivity contribution is 6.33. The molecule has 0 spiro atoms. The Balaban J connectivity index is 2.64. The van der Waals surface area contributed by atoms with Crippen LogP contribution in [0.4, 0.5) is 11.4 Å². The summed E-state index contributed by atoms with van der Waals surface area (Å²) < 4.78 is 0. The third-order valence-electron chi connectivity index (χ3n) is 2.24. The van der Waals surface area contributed by atoms with Crippen molar-refractivity contribution in [3.8, 4) is 11.1 Å². The molecule has 0 aliphatic carbocycles. The van der Waals surface area contributed by atoms with E-state index in [0.717, 1.165) is 11.1 Å². The molecule has 0 aliphatic heterocycles. The van der Waals surface area contributed by atoms with Crippen LogP contribution in [-0.2, 0) is 0 Å². The van der Waals surface area contributed by atoms with E-state index in [-0.39, 0.29) is 0 Å². The van der Waals surface area contributed by atoms with Crippen molar-refractivity contribution in [1.82, 2.24) is 0 Å². The van der Waals surface area contributed by atoms with Crippen molar-refractivity contribution in [3.63, 3.8) is 0 Å². The Morgan fingerprint density at radius 3 is 2.33 bits per heavy atom. The number of halogens is 1. The second kappa shape index (κ2) is 3.83. The fraction of sp³-hybridized carbons (Fsp3) is 0. The lowest BCUT2D eigenvalue weighted by Crippen LogP contribution is -1.93. The Labute approximate surface area is 93.5 Å². The van der Waals surface area contributed by atoms with Crippen LogP contribution in [-0.4, -0.2) is 0 Å². The molecule has 4 N–H and O–H groups in total. The molecule has 0 bridgehead atoms. The lowest BCUT2D eigenvalue weighted by molar-refractivity contribution is 1.60. The normalized spacial score (nSPS) is 10.2. The minimum Gasteiger partial charge on any atom is -0.399 e. The number of hydrogen-bond donors (Lipinski definition) is 2. The first-order valence-electron chi connectivity index (χ1n) is 4.58. The van der Waals surface area contributed by atoms with Crippen molar-refractivity contribution in [1.29, 1.82) is 0 Å². The van der Waals surface area contributed by atoms with Gasteiger partial charge in [-0.1, -0.05) is 29.8 Å². The Hall–Kier alpha value is -1.67. The van der Waals surface area contributed by atoms with Crippen LogP contribution in [0.5, 0.6) is 0 Å². The fourth-order valence-corrected chi connectivity index (χ4v) is 1.72. The van der Waals surface area contributed by atoms with E-state index < -0.39 is 0 Å². The smallest absolute Gasteiger partial charge is 0.0485 e. The summed E-state index contributed by atoms with van der Waals surface area (Å²) in [4.78, 5) is 0. The van der Waals surface area contributed by atoms with Gasteiger partial charge >= 0.3 is 0 Å². The molecule has 2 nitrogen and oxygen atoms in total. The molecular formula is C12H11ClN2. The zero-order valence-corrected chi connectivity index (χ0v) is 8.83. The molecule has 0 fully saturated rings. The summed E-state index contributed by atoms with van der Waals surface area (Å²) in [5.74, 6) is 0. The molecule has 2 rings (SSSR count). The van der Waals surface area contributed by atoms with Crippen molar-refractivity contribution >= 4 is 23.0 Å². The first-order chi connectivity index (χ1) is 7.18. The van der Waals surface area contributed by atoms with Crippen LogP contribution in [0, 0.1) is 0 Å². The second-order valence-corrected chi connectivity index (χ2v) is 3.73. The lowest BCUT2D eigenvalue weighted by atomic mass is 10.0. The van der Waals surface area contributed by atoms with Gasteiger partial charge in [0, 0.05) is 27.5 Å². The van der Waals surface area contributed by atoms with Crippen LogP contribution in [0.15, 0.2) is 42.5 Å². The molecule has 3 heteroatoms. The Morgan fingerprint density at radius 2 is 1.60 bits per heavy atom. The first-order valence-corrected chi connectivity index (χ1v) is 4.96. The number of benzene rings is 2. The van der Waals surface area contributed by atoms with Gasteiger partial charge in [-0.15, -0.1) is 0 Å². The molecule has 0 heterocycles. The minimum atomic E-state index is 0.676. The van der Waals surface area contributed by atoms with Crippen molar-refractivity contribution < 1.29 is 0 Å². The maximum Gasteiger partial charge on any atom is 0.0485 e. The lowest BCUT2D eigenvalue weighted by Gasteiger charge is -2.08. The molecule has 0 amide bonds. The molecule has 2 aromatic rings. The fourth-order valence-electron chi connectivity index (χ4n) is 1.49. The molecule has 0 aromatic heterocycles. The molecular weight excluding hydrogens is 208 g/mol. The van der Waals surface area contributed by atoms with Gasteiger partial charge in [0.1, 0.15) is 0 Å². The zero-order valence-electron chi connectivity index (χ0n) is 8.07. The average molecular weight is 219 g/mol. The van der Waals surface area contributed by atoms with Crippen molar-refractivity contribution in [2.75, 3.05) is 11.5 Å². The summed E-state index contributed by atoms with van der Waals surface area (Å²) in [7, 11) is 0. The summed E-state index contributed by atoms with van der Waals surface area (Å²) in [5.41, 5.74) is 14.7. The van der Waals surface area contributed by atoms with E-state index in [1.165, 1.54) is 0 Å². The van der Waals surface area contributed by atoms with E-state index in [1.807, 2.05) is 30.3 Å². The van der Waals surface area contributed by atoms with E-state index in [1.54, 1.807) is 12.1 Å². The molecule has 0 radical (unpaired) electrons. The van der Waals surface area contributed by atoms with E-state index in [2.05, 4.69) is 0 Å². The standard InChI is InChI=1S/C12H11ClN2/c13-11-4-2-1-3-9(11)10-7-8(14)5-6-12(10)15/h1-7H,14-15H2. The van der Waals surface area contributed by atoms with Gasteiger partial charge in [0.2, 0.25) is 0 Å². The quantitative estimate of drug-likeness (QED) is 0.723. The average Bonchev–Trinajstić information content (AvgIpc) is 2.23. The van der Waals surface area contributed by atoms with Gasteiger partial charge in [-0.05, 0) is 24.3 Å². The Kier molecular flexibility index (Phi) is 2.52. The predicted octanol–water partition coefficient (Wildman–Crippen LogP) is 3.17. The number of nitrogens with two attached hydrogens (primary N) is 2. The zero-order chi connectivity index (χ0) is 10.8. The molecule has 0 unspecified atom stereocenters. The molecule has 0 saturated carbocycles. The number of anilines is 2. The highest BCUT2D eigenvalue weighted by Crippen LogP contribution is 2.32. The van der Waals surface area contributed by atoms with Crippen LogP contribution >= 0.6 is 11.6 Å². The van der Waals surface area contributed by atoms with Gasteiger partial charge in [-0.3, -0.25) is 0 Å². The van der Waals surface area contributed by atoms with E-state index in [0.29, 0.717) is 16.4 Å². The first kappa shape index (κ1) is 9.87. The minimum absolute atomic E-state index is 0.676. The van der Waals surface area contributed by atoms with Crippen LogP contribution in [0.3, 0.4) is 0 Å². The van der Waals surface area contributed by atoms with Crippen LogP contribution in [0.2, 0.25) is 5.02 Å². The molecule has 76 valence electrons. The van der Waals surface area contributed by atoms with E-state index >= 15 is 0 Å². The van der Waals surface area contributed by atoms with Crippen LogP contribution in [0.1, 0.15) is 0 Å². The summed E-state index contributed by atoms with van der Waals surface area (Å²) in [6.45, 7) is 0. The third kappa shape index (κ3) is 1.90. The van der Waals surface area contributed by atoms with Crippen LogP contribution in [0.25, 0.3) is 11.1 Å². The Morgan fingerprint density at radius 1 is 0.867 bits per heavy atom. The number of rotatable bonds is 1. The van der Waals surface area contributed by atoms with Crippen molar-refractivity contribution in [2.45, 2.75) is 0 Å². The van der Waals surface area contributed by atoms with Gasteiger partial charge in [-0.25, -0.2) is 0 Å². The maximum atomic E-state index is 6.09. The second-order valence-electron chi connectivity index (χ2n) is 3.33. The molecule has 15 heavy (non-hydrogen) atoms. The van der Waals surface area contributed by atoms with Gasteiger partial charge in [0.15, 0.2) is 0 Å². The number of hydrogen-bond acceptors (Lipinski definition) is 2. The summed E-state index contributed by atoms with van der Waals surface area (Å²) in [6.07, 6.45) is 0. The molecule has 0 aliphatic rings. The largest absolute Gasteiger partial charge is 0.399 e. The van der Waals surface area contributed by atoms with Gasteiger partial charge in [0.05, 0.1) is 0 Å². The summed E-state index contributed by atoms with van der Waals surface area (Å²) in [6, 6.07) is 12.9. The van der Waals surface area contributed by atoms with Crippen molar-refractivity contribution in [3.05, 3.63) is 47.5 Å². The summed E-state index contributed by atoms with van der Waals surface area (Å²) >= 11 is 6.09.